The van der Waals surface area contributed by atoms with Crippen LogP contribution in [0.1, 0.15) is 5.56 Å². The Kier molecular flexibility index (Phi) is 5.74. The van der Waals surface area contributed by atoms with E-state index in [1.165, 1.54) is 18.2 Å². The van der Waals surface area contributed by atoms with E-state index in [-0.39, 0.29) is 50.2 Å². The highest BCUT2D eigenvalue weighted by Crippen LogP contribution is 2.40. The van der Waals surface area contributed by atoms with E-state index in [4.69, 9.17) is 27.9 Å². The van der Waals surface area contributed by atoms with Crippen molar-refractivity contribution < 1.29 is 21.9 Å². The molecule has 3 aromatic rings. The smallest absolute Gasteiger partial charge is 0.266 e. The summed E-state index contributed by atoms with van der Waals surface area (Å²) in [5.74, 6) is -1.96. The molecule has 2 N–H and O–H groups in total. The van der Waals surface area contributed by atoms with Crippen LogP contribution in [0.4, 0.5) is 14.5 Å². The molecule has 0 unspecified atom stereocenters. The van der Waals surface area contributed by atoms with E-state index in [9.17, 15) is 17.2 Å². The Hall–Kier alpha value is -2.88. The number of rotatable bonds is 4. The second kappa shape index (κ2) is 8.33. The van der Waals surface area contributed by atoms with Gasteiger partial charge in [-0.2, -0.15) is 0 Å². The number of benzene rings is 3. The third kappa shape index (κ3) is 4.30. The first-order valence-electron chi connectivity index (χ1n) is 8.78. The highest BCUT2D eigenvalue weighted by atomic mass is 35.5. The lowest BCUT2D eigenvalue weighted by atomic mass is 10.2. The highest BCUT2D eigenvalue weighted by molar-refractivity contribution is 7.90. The fraction of sp³-hybridized carbons (Fsp3) is 0.0500. The number of aliphatic imine (C=N–C) groups is 1. The molecule has 0 bridgehead atoms. The summed E-state index contributed by atoms with van der Waals surface area (Å²) in [6.45, 7) is -0.220. The largest absolute Gasteiger partial charge is 0.450 e. The van der Waals surface area contributed by atoms with Crippen molar-refractivity contribution in [2.75, 3.05) is 5.32 Å². The first kappa shape index (κ1) is 21.4. The van der Waals surface area contributed by atoms with Crippen molar-refractivity contribution >= 4 is 44.9 Å². The van der Waals surface area contributed by atoms with E-state index in [1.54, 1.807) is 24.3 Å². The van der Waals surface area contributed by atoms with Crippen molar-refractivity contribution in [3.05, 3.63) is 81.8 Å². The van der Waals surface area contributed by atoms with Gasteiger partial charge in [0.1, 0.15) is 22.1 Å². The van der Waals surface area contributed by atoms with E-state index >= 15 is 0 Å². The van der Waals surface area contributed by atoms with Gasteiger partial charge in [-0.3, -0.25) is 0 Å². The standard InChI is InChI=1S/C20H13Cl2F2N3O3S/c21-12-5-1-2-7-15(12)30-19-14(23)8-9-16-18(19)26-20(27-31(16,28)29)25-10-11-4-3-6-13(22)17(11)24/h1-9H,10H2,(H2,25,26,27). The number of hydrogen-bond acceptors (Lipinski definition) is 4. The lowest BCUT2D eigenvalue weighted by Crippen LogP contribution is -2.41. The maximum atomic E-state index is 14.6. The van der Waals surface area contributed by atoms with Gasteiger partial charge in [-0.15, -0.1) is 0 Å². The molecule has 0 saturated heterocycles. The summed E-state index contributed by atoms with van der Waals surface area (Å²) < 4.78 is 61.8. The topological polar surface area (TPSA) is 79.8 Å². The quantitative estimate of drug-likeness (QED) is 0.525. The summed E-state index contributed by atoms with van der Waals surface area (Å²) in [6, 6.07) is 12.8. The van der Waals surface area contributed by atoms with Gasteiger partial charge in [0.05, 0.1) is 16.6 Å². The molecular weight excluding hydrogens is 471 g/mol. The van der Waals surface area contributed by atoms with Crippen LogP contribution in [0.5, 0.6) is 11.5 Å². The molecule has 0 atom stereocenters. The molecule has 0 aromatic heterocycles. The Morgan fingerprint density at radius 3 is 2.48 bits per heavy atom. The van der Waals surface area contributed by atoms with Gasteiger partial charge in [-0.05, 0) is 30.3 Å². The molecule has 1 aliphatic heterocycles. The van der Waals surface area contributed by atoms with E-state index in [2.05, 4.69) is 15.0 Å². The van der Waals surface area contributed by atoms with Crippen LogP contribution in [0.25, 0.3) is 0 Å². The van der Waals surface area contributed by atoms with Crippen LogP contribution in [0.2, 0.25) is 10.0 Å². The van der Waals surface area contributed by atoms with Crippen molar-refractivity contribution in [2.45, 2.75) is 11.4 Å². The summed E-state index contributed by atoms with van der Waals surface area (Å²) in [6.07, 6.45) is 0. The van der Waals surface area contributed by atoms with E-state index < -0.39 is 21.7 Å². The predicted octanol–water partition coefficient (Wildman–Crippen LogP) is 5.32. The van der Waals surface area contributed by atoms with Gasteiger partial charge in [-0.1, -0.05) is 47.5 Å². The molecule has 0 aliphatic carbocycles. The Balaban J connectivity index is 1.73. The molecule has 0 fully saturated rings. The van der Waals surface area contributed by atoms with E-state index in [1.807, 2.05) is 0 Å². The molecular formula is C20H13Cl2F2N3O3S. The first-order valence-corrected chi connectivity index (χ1v) is 11.0. The Morgan fingerprint density at radius 2 is 1.71 bits per heavy atom. The van der Waals surface area contributed by atoms with Crippen LogP contribution in [-0.2, 0) is 16.6 Å². The van der Waals surface area contributed by atoms with Crippen molar-refractivity contribution in [2.24, 2.45) is 4.99 Å². The van der Waals surface area contributed by atoms with Crippen molar-refractivity contribution in [1.29, 1.82) is 0 Å². The summed E-state index contributed by atoms with van der Waals surface area (Å²) in [4.78, 5) is 3.81. The van der Waals surface area contributed by atoms with Gasteiger partial charge in [0, 0.05) is 5.56 Å². The fourth-order valence-electron chi connectivity index (χ4n) is 2.85. The number of fused-ring (bicyclic) bond motifs is 1. The molecule has 31 heavy (non-hydrogen) atoms. The van der Waals surface area contributed by atoms with Crippen LogP contribution in [0.15, 0.2) is 64.5 Å². The number of sulfonamides is 1. The molecule has 11 heteroatoms. The van der Waals surface area contributed by atoms with E-state index in [0.29, 0.717) is 0 Å². The summed E-state index contributed by atoms with van der Waals surface area (Å²) in [5, 5.41) is 2.83. The van der Waals surface area contributed by atoms with Crippen LogP contribution >= 0.6 is 23.2 Å². The Bertz CT molecular complexity index is 1320. The average Bonchev–Trinajstić information content (AvgIpc) is 2.72. The number of para-hydroxylation sites is 1. The van der Waals surface area contributed by atoms with Crippen LogP contribution in [0.3, 0.4) is 0 Å². The molecule has 6 nitrogen and oxygen atoms in total. The van der Waals surface area contributed by atoms with E-state index in [0.717, 1.165) is 12.1 Å². The van der Waals surface area contributed by atoms with Gasteiger partial charge < -0.3 is 10.1 Å². The molecule has 1 aliphatic rings. The van der Waals surface area contributed by atoms with Crippen molar-refractivity contribution in [3.8, 4) is 11.5 Å². The number of hydrogen-bond donors (Lipinski definition) is 2. The number of nitrogens with zero attached hydrogens (tertiary/aromatic N) is 1. The number of ether oxygens (including phenoxy) is 1. The van der Waals surface area contributed by atoms with Crippen molar-refractivity contribution in [3.63, 3.8) is 0 Å². The SMILES string of the molecule is O=S1(=O)NC(=NCc2cccc(Cl)c2F)Nc2c1ccc(F)c2Oc1ccccc1Cl. The molecule has 4 rings (SSSR count). The average molecular weight is 484 g/mol. The maximum absolute atomic E-state index is 14.6. The molecule has 3 aromatic carbocycles. The third-order valence-corrected chi connectivity index (χ3v) is 6.31. The Labute approximate surface area is 186 Å². The zero-order valence-corrected chi connectivity index (χ0v) is 17.8. The lowest BCUT2D eigenvalue weighted by molar-refractivity contribution is 0.443. The monoisotopic (exact) mass is 483 g/mol. The van der Waals surface area contributed by atoms with Crippen LogP contribution in [0, 0.1) is 11.6 Å². The van der Waals surface area contributed by atoms with Gasteiger partial charge in [-0.25, -0.2) is 26.9 Å². The summed E-state index contributed by atoms with van der Waals surface area (Å²) >= 11 is 11.8. The molecule has 1 heterocycles. The number of halogens is 4. The number of guanidine groups is 1. The van der Waals surface area contributed by atoms with Gasteiger partial charge in [0.15, 0.2) is 11.6 Å². The second-order valence-corrected chi connectivity index (χ2v) is 8.86. The van der Waals surface area contributed by atoms with Gasteiger partial charge >= 0.3 is 0 Å². The van der Waals surface area contributed by atoms with Crippen molar-refractivity contribution in [1.82, 2.24) is 4.72 Å². The van der Waals surface area contributed by atoms with Crippen LogP contribution in [-0.4, -0.2) is 14.4 Å². The minimum Gasteiger partial charge on any atom is -0.450 e. The fourth-order valence-corrected chi connectivity index (χ4v) is 4.36. The lowest BCUT2D eigenvalue weighted by Gasteiger charge is -2.24. The normalized spacial score (nSPS) is 15.7. The minimum absolute atomic E-state index is 0.0854. The zero-order valence-electron chi connectivity index (χ0n) is 15.5. The summed E-state index contributed by atoms with van der Waals surface area (Å²) in [5.41, 5.74) is -0.0115. The highest BCUT2D eigenvalue weighted by Gasteiger charge is 2.31. The zero-order chi connectivity index (χ0) is 22.2. The van der Waals surface area contributed by atoms with Crippen LogP contribution < -0.4 is 14.8 Å². The molecule has 0 spiro atoms. The summed E-state index contributed by atoms with van der Waals surface area (Å²) in [7, 11) is -4.10. The molecule has 0 saturated carbocycles. The molecule has 160 valence electrons. The first-order chi connectivity index (χ1) is 14.8. The molecule has 0 amide bonds. The molecule has 0 radical (unpaired) electrons. The number of anilines is 1. The van der Waals surface area contributed by atoms with Gasteiger partial charge in [0.2, 0.25) is 5.96 Å². The Morgan fingerprint density at radius 1 is 0.968 bits per heavy atom. The number of nitrogens with one attached hydrogen (secondary N) is 2. The second-order valence-electron chi connectivity index (χ2n) is 6.39. The minimum atomic E-state index is -4.10. The maximum Gasteiger partial charge on any atom is 0.266 e. The predicted molar refractivity (Wildman–Crippen MR) is 114 cm³/mol. The third-order valence-electron chi connectivity index (χ3n) is 4.32. The van der Waals surface area contributed by atoms with Gasteiger partial charge in [0.25, 0.3) is 10.0 Å².